The monoisotopic (exact) mass is 423 g/mol. The fourth-order valence-corrected chi connectivity index (χ4v) is 5.42. The molecule has 0 saturated heterocycles. The summed E-state index contributed by atoms with van der Waals surface area (Å²) in [6.07, 6.45) is 0. The summed E-state index contributed by atoms with van der Waals surface area (Å²) in [5.41, 5.74) is 3.58. The number of aryl methyl sites for hydroxylation is 1. The second-order valence-electron chi connectivity index (χ2n) is 7.19. The minimum Gasteiger partial charge on any atom is -0.300 e. The number of fused-ring (bicyclic) bond motifs is 3. The molecule has 0 N–H and O–H groups in total. The molecule has 7 heteroatoms. The first-order chi connectivity index (χ1) is 13.9. The van der Waals surface area contributed by atoms with Crippen LogP contribution in [0.25, 0.3) is 11.0 Å². The molecule has 5 nitrogen and oxygen atoms in total. The van der Waals surface area contributed by atoms with Gasteiger partial charge in [-0.2, -0.15) is 0 Å². The highest BCUT2D eigenvalue weighted by molar-refractivity contribution is 7.92. The Balaban J connectivity index is 1.71. The normalized spacial score (nSPS) is 16.3. The van der Waals surface area contributed by atoms with E-state index >= 15 is 0 Å². The van der Waals surface area contributed by atoms with Crippen LogP contribution in [0.4, 0.5) is 5.95 Å². The third-order valence-corrected chi connectivity index (χ3v) is 7.30. The Labute approximate surface area is 174 Å². The van der Waals surface area contributed by atoms with Gasteiger partial charge in [0.05, 0.1) is 28.5 Å². The molecule has 0 radical (unpaired) electrons. The summed E-state index contributed by atoms with van der Waals surface area (Å²) in [4.78, 5) is 4.90. The van der Waals surface area contributed by atoms with E-state index in [4.69, 9.17) is 11.6 Å². The van der Waals surface area contributed by atoms with Crippen LogP contribution in [0.2, 0.25) is 5.02 Å². The minimum atomic E-state index is -3.75. The maximum atomic E-state index is 13.5. The minimum absolute atomic E-state index is 0.169. The van der Waals surface area contributed by atoms with Gasteiger partial charge in [0, 0.05) is 5.02 Å². The summed E-state index contributed by atoms with van der Waals surface area (Å²) in [6.45, 7) is 2.22. The lowest BCUT2D eigenvalue weighted by Gasteiger charge is -2.18. The van der Waals surface area contributed by atoms with Crippen LogP contribution in [-0.2, 0) is 10.0 Å². The largest absolute Gasteiger partial charge is 0.300 e. The number of imidazole rings is 1. The average Bonchev–Trinajstić information content (AvgIpc) is 3.26. The van der Waals surface area contributed by atoms with Crippen LogP contribution in [0.15, 0.2) is 77.7 Å². The molecule has 5 rings (SSSR count). The van der Waals surface area contributed by atoms with E-state index in [-0.39, 0.29) is 10.9 Å². The summed E-state index contributed by atoms with van der Waals surface area (Å²) in [6, 6.07) is 22.1. The van der Waals surface area contributed by atoms with Crippen LogP contribution in [0.5, 0.6) is 0 Å². The zero-order valence-corrected chi connectivity index (χ0v) is 17.2. The van der Waals surface area contributed by atoms with Crippen LogP contribution in [0, 0.1) is 6.92 Å². The van der Waals surface area contributed by atoms with Crippen LogP contribution in [-0.4, -0.2) is 24.5 Å². The van der Waals surface area contributed by atoms with Crippen molar-refractivity contribution in [2.45, 2.75) is 17.9 Å². The number of hydrogen-bond acceptors (Lipinski definition) is 3. The van der Waals surface area contributed by atoms with Crippen molar-refractivity contribution in [2.24, 2.45) is 0 Å². The Kier molecular flexibility index (Phi) is 4.15. The summed E-state index contributed by atoms with van der Waals surface area (Å²) >= 11 is 6.15. The molecule has 3 aromatic carbocycles. The molecule has 1 aromatic heterocycles. The van der Waals surface area contributed by atoms with Crippen molar-refractivity contribution < 1.29 is 8.42 Å². The van der Waals surface area contributed by atoms with Crippen molar-refractivity contribution >= 4 is 38.6 Å². The van der Waals surface area contributed by atoms with Crippen LogP contribution in [0.1, 0.15) is 17.2 Å². The molecular weight excluding hydrogens is 406 g/mol. The highest BCUT2D eigenvalue weighted by atomic mass is 35.5. The van der Waals surface area contributed by atoms with Gasteiger partial charge in [-0.25, -0.2) is 17.7 Å². The number of nitrogens with zero attached hydrogens (tertiary/aromatic N) is 3. The van der Waals surface area contributed by atoms with Gasteiger partial charge >= 0.3 is 0 Å². The number of sulfonamides is 1. The molecule has 1 atom stereocenters. The molecule has 1 aliphatic heterocycles. The smallest absolute Gasteiger partial charge is 0.266 e. The Morgan fingerprint density at radius 3 is 2.45 bits per heavy atom. The SMILES string of the molecule is Cc1ccc(S(=O)(=O)N2CC(c3ccccc3)n3c2nc2cc(Cl)ccc23)cc1. The van der Waals surface area contributed by atoms with Gasteiger partial charge in [0.2, 0.25) is 5.95 Å². The van der Waals surface area contributed by atoms with E-state index < -0.39 is 10.0 Å². The van der Waals surface area contributed by atoms with Crippen LogP contribution >= 0.6 is 11.6 Å². The maximum Gasteiger partial charge on any atom is 0.266 e. The number of halogens is 1. The van der Waals surface area contributed by atoms with E-state index in [1.807, 2.05) is 47.9 Å². The summed E-state index contributed by atoms with van der Waals surface area (Å²) in [5, 5.41) is 0.568. The van der Waals surface area contributed by atoms with E-state index in [1.54, 1.807) is 36.4 Å². The number of aromatic nitrogens is 2. The van der Waals surface area contributed by atoms with Crippen molar-refractivity contribution in [3.63, 3.8) is 0 Å². The number of anilines is 1. The molecular formula is C22H18ClN3O2S. The molecule has 0 saturated carbocycles. The van der Waals surface area contributed by atoms with Crippen molar-refractivity contribution in [2.75, 3.05) is 10.8 Å². The Bertz CT molecular complexity index is 1320. The lowest BCUT2D eigenvalue weighted by atomic mass is 10.1. The molecule has 0 aliphatic carbocycles. The van der Waals surface area contributed by atoms with Gasteiger partial charge in [-0.3, -0.25) is 4.57 Å². The molecule has 0 spiro atoms. The summed E-state index contributed by atoms with van der Waals surface area (Å²) in [7, 11) is -3.75. The molecule has 146 valence electrons. The Hall–Kier alpha value is -2.83. The van der Waals surface area contributed by atoms with Crippen molar-refractivity contribution in [3.05, 3.63) is 88.9 Å². The van der Waals surface area contributed by atoms with Gasteiger partial charge in [0.25, 0.3) is 10.0 Å². The fraction of sp³-hybridized carbons (Fsp3) is 0.136. The summed E-state index contributed by atoms with van der Waals surface area (Å²) in [5.74, 6) is 0.414. The van der Waals surface area contributed by atoms with E-state index in [1.165, 1.54) is 4.31 Å². The van der Waals surface area contributed by atoms with Crippen LogP contribution < -0.4 is 4.31 Å². The first kappa shape index (κ1) is 18.2. The zero-order chi connectivity index (χ0) is 20.2. The molecule has 1 unspecified atom stereocenters. The lowest BCUT2D eigenvalue weighted by molar-refractivity contribution is 0.589. The van der Waals surface area contributed by atoms with E-state index in [0.29, 0.717) is 23.0 Å². The quantitative estimate of drug-likeness (QED) is 0.475. The predicted octanol–water partition coefficient (Wildman–Crippen LogP) is 4.80. The van der Waals surface area contributed by atoms with Crippen molar-refractivity contribution in [3.8, 4) is 0 Å². The molecule has 0 fully saturated rings. The molecule has 29 heavy (non-hydrogen) atoms. The van der Waals surface area contributed by atoms with E-state index in [2.05, 4.69) is 4.98 Å². The van der Waals surface area contributed by atoms with E-state index in [9.17, 15) is 8.42 Å². The van der Waals surface area contributed by atoms with Gasteiger partial charge < -0.3 is 0 Å². The van der Waals surface area contributed by atoms with Gasteiger partial charge in [0.15, 0.2) is 0 Å². The standard InChI is InChI=1S/C22H18ClN3O2S/c1-15-7-10-18(11-8-15)29(27,28)25-14-21(16-5-3-2-4-6-16)26-20-12-9-17(23)13-19(20)24-22(25)26/h2-13,21H,14H2,1H3. The second-order valence-corrected chi connectivity index (χ2v) is 9.49. The van der Waals surface area contributed by atoms with Crippen molar-refractivity contribution in [1.29, 1.82) is 0 Å². The third-order valence-electron chi connectivity index (χ3n) is 5.30. The highest BCUT2D eigenvalue weighted by Gasteiger charge is 2.39. The Morgan fingerprint density at radius 1 is 1.00 bits per heavy atom. The summed E-state index contributed by atoms with van der Waals surface area (Å²) < 4.78 is 30.4. The molecule has 0 bridgehead atoms. The zero-order valence-electron chi connectivity index (χ0n) is 15.7. The van der Waals surface area contributed by atoms with Gasteiger partial charge in [-0.05, 0) is 42.8 Å². The fourth-order valence-electron chi connectivity index (χ4n) is 3.84. The van der Waals surface area contributed by atoms with Crippen LogP contribution in [0.3, 0.4) is 0 Å². The highest BCUT2D eigenvalue weighted by Crippen LogP contribution is 2.40. The Morgan fingerprint density at radius 2 is 1.72 bits per heavy atom. The first-order valence-corrected chi connectivity index (χ1v) is 11.1. The van der Waals surface area contributed by atoms with Gasteiger partial charge in [0.1, 0.15) is 0 Å². The molecule has 2 heterocycles. The maximum absolute atomic E-state index is 13.5. The first-order valence-electron chi connectivity index (χ1n) is 9.27. The topological polar surface area (TPSA) is 55.2 Å². The predicted molar refractivity (Wildman–Crippen MR) is 115 cm³/mol. The third kappa shape index (κ3) is 2.91. The van der Waals surface area contributed by atoms with Gasteiger partial charge in [-0.15, -0.1) is 0 Å². The molecule has 4 aromatic rings. The lowest BCUT2D eigenvalue weighted by Crippen LogP contribution is -2.30. The number of rotatable bonds is 3. The second kappa shape index (κ2) is 6.61. The number of benzene rings is 3. The molecule has 0 amide bonds. The number of hydrogen-bond donors (Lipinski definition) is 0. The molecule has 1 aliphatic rings. The van der Waals surface area contributed by atoms with E-state index in [0.717, 1.165) is 16.6 Å². The van der Waals surface area contributed by atoms with Crippen molar-refractivity contribution in [1.82, 2.24) is 9.55 Å². The van der Waals surface area contributed by atoms with Gasteiger partial charge in [-0.1, -0.05) is 59.6 Å². The average molecular weight is 424 g/mol.